The Morgan fingerprint density at radius 1 is 1.47 bits per heavy atom. The van der Waals surface area contributed by atoms with Crippen LogP contribution in [0.25, 0.3) is 0 Å². The number of carboxylic acids is 1. The lowest BCUT2D eigenvalue weighted by molar-refractivity contribution is -0.140. The molecule has 1 fully saturated rings. The van der Waals surface area contributed by atoms with Crippen molar-refractivity contribution < 1.29 is 9.90 Å². The molecule has 0 bridgehead atoms. The molecule has 2 unspecified atom stereocenters. The van der Waals surface area contributed by atoms with Gasteiger partial charge in [-0.05, 0) is 36.6 Å². The van der Waals surface area contributed by atoms with E-state index in [-0.39, 0.29) is 11.5 Å². The van der Waals surface area contributed by atoms with Gasteiger partial charge in [0.25, 0.3) is 0 Å². The molecular formula is C12H23NO2. The van der Waals surface area contributed by atoms with E-state index in [1.54, 1.807) is 0 Å². The van der Waals surface area contributed by atoms with Crippen molar-refractivity contribution in [2.24, 2.45) is 17.3 Å². The molecule has 1 aliphatic carbocycles. The third kappa shape index (κ3) is 3.82. The van der Waals surface area contributed by atoms with E-state index >= 15 is 0 Å². The van der Waals surface area contributed by atoms with Crippen LogP contribution < -0.4 is 5.32 Å². The highest BCUT2D eigenvalue weighted by Crippen LogP contribution is 2.33. The maximum absolute atomic E-state index is 11.0. The minimum atomic E-state index is -0.696. The van der Waals surface area contributed by atoms with Crippen molar-refractivity contribution in [2.45, 2.75) is 46.6 Å². The van der Waals surface area contributed by atoms with Crippen LogP contribution in [-0.2, 0) is 4.79 Å². The number of carboxylic acid groups (broad SMARTS) is 1. The predicted octanol–water partition coefficient (Wildman–Crippen LogP) is 2.12. The van der Waals surface area contributed by atoms with Crippen LogP contribution in [0.3, 0.4) is 0 Å². The SMILES string of the molecule is CC(CNC(C(=O)O)C1CC1)C(C)(C)C. The second-order valence-electron chi connectivity index (χ2n) is 5.83. The quantitative estimate of drug-likeness (QED) is 0.735. The molecule has 2 N–H and O–H groups in total. The first-order valence-corrected chi connectivity index (χ1v) is 5.78. The van der Waals surface area contributed by atoms with Crippen LogP contribution in [0.2, 0.25) is 0 Å². The molecule has 0 aromatic rings. The third-order valence-corrected chi connectivity index (χ3v) is 3.48. The molecule has 1 saturated carbocycles. The zero-order valence-electron chi connectivity index (χ0n) is 10.2. The van der Waals surface area contributed by atoms with Crippen LogP contribution in [0.1, 0.15) is 40.5 Å². The summed E-state index contributed by atoms with van der Waals surface area (Å²) in [5.74, 6) is 0.159. The van der Waals surface area contributed by atoms with Gasteiger partial charge in [0.15, 0.2) is 0 Å². The van der Waals surface area contributed by atoms with Crippen molar-refractivity contribution in [1.82, 2.24) is 5.32 Å². The highest BCUT2D eigenvalue weighted by molar-refractivity contribution is 5.74. The first-order valence-electron chi connectivity index (χ1n) is 5.78. The minimum absolute atomic E-state index is 0.236. The number of aliphatic carboxylic acids is 1. The predicted molar refractivity (Wildman–Crippen MR) is 60.8 cm³/mol. The third-order valence-electron chi connectivity index (χ3n) is 3.48. The van der Waals surface area contributed by atoms with Crippen LogP contribution in [0, 0.1) is 17.3 Å². The summed E-state index contributed by atoms with van der Waals surface area (Å²) in [7, 11) is 0. The number of rotatable bonds is 5. The first kappa shape index (κ1) is 12.5. The van der Waals surface area contributed by atoms with Crippen LogP contribution in [-0.4, -0.2) is 23.7 Å². The lowest BCUT2D eigenvalue weighted by Crippen LogP contribution is -2.42. The van der Waals surface area contributed by atoms with Gasteiger partial charge in [-0.15, -0.1) is 0 Å². The van der Waals surface area contributed by atoms with Crippen molar-refractivity contribution in [2.75, 3.05) is 6.54 Å². The highest BCUT2D eigenvalue weighted by Gasteiger charge is 2.36. The van der Waals surface area contributed by atoms with E-state index in [9.17, 15) is 4.79 Å². The summed E-state index contributed by atoms with van der Waals surface area (Å²) >= 11 is 0. The van der Waals surface area contributed by atoms with Crippen LogP contribution in [0.4, 0.5) is 0 Å². The molecule has 0 heterocycles. The van der Waals surface area contributed by atoms with Gasteiger partial charge >= 0.3 is 5.97 Å². The fraction of sp³-hybridized carbons (Fsp3) is 0.917. The molecule has 88 valence electrons. The smallest absolute Gasteiger partial charge is 0.320 e. The molecule has 15 heavy (non-hydrogen) atoms. The van der Waals surface area contributed by atoms with Crippen LogP contribution in [0.5, 0.6) is 0 Å². The fourth-order valence-corrected chi connectivity index (χ4v) is 1.50. The first-order chi connectivity index (χ1) is 6.82. The summed E-state index contributed by atoms with van der Waals surface area (Å²) < 4.78 is 0. The van der Waals surface area contributed by atoms with Crippen molar-refractivity contribution in [1.29, 1.82) is 0 Å². The van der Waals surface area contributed by atoms with Gasteiger partial charge in [0, 0.05) is 0 Å². The lowest BCUT2D eigenvalue weighted by atomic mass is 9.82. The number of nitrogens with one attached hydrogen (secondary N) is 1. The Hall–Kier alpha value is -0.570. The van der Waals surface area contributed by atoms with Gasteiger partial charge in [0.05, 0.1) is 0 Å². The van der Waals surface area contributed by atoms with Crippen molar-refractivity contribution in [3.8, 4) is 0 Å². The summed E-state index contributed by atoms with van der Waals surface area (Å²) in [6.45, 7) is 9.51. The fourth-order valence-electron chi connectivity index (χ4n) is 1.50. The minimum Gasteiger partial charge on any atom is -0.480 e. The largest absolute Gasteiger partial charge is 0.480 e. The summed E-state index contributed by atoms with van der Waals surface area (Å²) in [6.07, 6.45) is 2.13. The monoisotopic (exact) mass is 213 g/mol. The zero-order chi connectivity index (χ0) is 11.6. The summed E-state index contributed by atoms with van der Waals surface area (Å²) in [5, 5.41) is 12.2. The Kier molecular flexibility index (Phi) is 3.77. The molecule has 0 saturated heterocycles. The van der Waals surface area contributed by atoms with E-state index in [2.05, 4.69) is 33.0 Å². The molecule has 1 rings (SSSR count). The second kappa shape index (κ2) is 4.52. The van der Waals surface area contributed by atoms with E-state index in [0.717, 1.165) is 19.4 Å². The Morgan fingerprint density at radius 2 is 2.00 bits per heavy atom. The standard InChI is InChI=1S/C12H23NO2/c1-8(12(2,3)4)7-13-10(11(14)15)9-5-6-9/h8-10,13H,5-7H2,1-4H3,(H,14,15). The number of hydrogen-bond donors (Lipinski definition) is 2. The van der Waals surface area contributed by atoms with Gasteiger partial charge in [0.2, 0.25) is 0 Å². The van der Waals surface area contributed by atoms with Gasteiger partial charge in [0.1, 0.15) is 6.04 Å². The number of hydrogen-bond acceptors (Lipinski definition) is 2. The maximum atomic E-state index is 11.0. The second-order valence-corrected chi connectivity index (χ2v) is 5.83. The summed E-state index contributed by atoms with van der Waals surface area (Å²) in [5.41, 5.74) is 0.236. The van der Waals surface area contributed by atoms with Gasteiger partial charge in [-0.1, -0.05) is 27.7 Å². The Balaban J connectivity index is 2.37. The molecular weight excluding hydrogens is 190 g/mol. The van der Waals surface area contributed by atoms with Gasteiger partial charge in [-0.25, -0.2) is 0 Å². The topological polar surface area (TPSA) is 49.3 Å². The van der Waals surface area contributed by atoms with Crippen LogP contribution >= 0.6 is 0 Å². The molecule has 3 nitrogen and oxygen atoms in total. The van der Waals surface area contributed by atoms with E-state index in [0.29, 0.717) is 11.8 Å². The highest BCUT2D eigenvalue weighted by atomic mass is 16.4. The van der Waals surface area contributed by atoms with E-state index in [1.165, 1.54) is 0 Å². The van der Waals surface area contributed by atoms with Gasteiger partial charge in [-0.3, -0.25) is 4.79 Å². The molecule has 0 aliphatic heterocycles. The normalized spacial score (nSPS) is 21.1. The van der Waals surface area contributed by atoms with E-state index in [4.69, 9.17) is 5.11 Å². The van der Waals surface area contributed by atoms with E-state index in [1.807, 2.05) is 0 Å². The Morgan fingerprint density at radius 3 is 2.33 bits per heavy atom. The van der Waals surface area contributed by atoms with Gasteiger partial charge in [-0.2, -0.15) is 0 Å². The molecule has 0 aromatic heterocycles. The van der Waals surface area contributed by atoms with E-state index < -0.39 is 5.97 Å². The summed E-state index contributed by atoms with van der Waals surface area (Å²) in [4.78, 5) is 11.0. The molecule has 3 heteroatoms. The Labute approximate surface area is 92.3 Å². The lowest BCUT2D eigenvalue weighted by Gasteiger charge is -2.28. The van der Waals surface area contributed by atoms with Crippen LogP contribution in [0.15, 0.2) is 0 Å². The molecule has 0 spiro atoms. The Bertz CT molecular complexity index is 228. The summed E-state index contributed by atoms with van der Waals surface area (Å²) in [6, 6.07) is -0.324. The molecule has 0 aromatic carbocycles. The molecule has 2 atom stereocenters. The van der Waals surface area contributed by atoms with Crippen molar-refractivity contribution in [3.63, 3.8) is 0 Å². The van der Waals surface area contributed by atoms with Crippen molar-refractivity contribution in [3.05, 3.63) is 0 Å². The molecule has 0 amide bonds. The number of carbonyl (C=O) groups is 1. The maximum Gasteiger partial charge on any atom is 0.320 e. The van der Waals surface area contributed by atoms with Crippen molar-refractivity contribution >= 4 is 5.97 Å². The van der Waals surface area contributed by atoms with Gasteiger partial charge < -0.3 is 10.4 Å². The molecule has 0 radical (unpaired) electrons. The average Bonchev–Trinajstić information content (AvgIpc) is 2.85. The average molecular weight is 213 g/mol. The molecule has 1 aliphatic rings. The zero-order valence-corrected chi connectivity index (χ0v) is 10.2.